The number of alkyl halides is 3. The third kappa shape index (κ3) is 2.67. The van der Waals surface area contributed by atoms with E-state index in [0.717, 1.165) is 0 Å². The van der Waals surface area contributed by atoms with E-state index in [-0.39, 0.29) is 17.9 Å². The van der Waals surface area contributed by atoms with E-state index in [9.17, 15) is 17.6 Å². The van der Waals surface area contributed by atoms with Crippen LogP contribution >= 0.6 is 0 Å². The summed E-state index contributed by atoms with van der Waals surface area (Å²) in [4.78, 5) is 3.10. The van der Waals surface area contributed by atoms with Gasteiger partial charge in [0, 0.05) is 6.07 Å². The second kappa shape index (κ2) is 4.87. The van der Waals surface area contributed by atoms with Gasteiger partial charge in [-0.2, -0.15) is 18.2 Å². The maximum atomic E-state index is 13.9. The summed E-state index contributed by atoms with van der Waals surface area (Å²) in [5, 5.41) is 3.10. The first kappa shape index (κ1) is 13.3. The average molecular weight is 275 g/mol. The minimum atomic E-state index is -4.77. The summed E-state index contributed by atoms with van der Waals surface area (Å²) in [7, 11) is 0. The molecule has 1 aromatic heterocycles. The summed E-state index contributed by atoms with van der Waals surface area (Å²) in [6.45, 7) is 1.83. The first-order valence-electron chi connectivity index (χ1n) is 5.17. The van der Waals surface area contributed by atoms with E-state index in [0.29, 0.717) is 0 Å². The molecule has 4 nitrogen and oxygen atoms in total. The Morgan fingerprint density at radius 3 is 2.74 bits per heavy atom. The predicted molar refractivity (Wildman–Crippen MR) is 54.7 cm³/mol. The van der Waals surface area contributed by atoms with Crippen molar-refractivity contribution in [3.8, 4) is 17.1 Å². The molecule has 0 atom stereocenters. The minimum Gasteiger partial charge on any atom is -0.490 e. The lowest BCUT2D eigenvalue weighted by molar-refractivity contribution is -0.159. The van der Waals surface area contributed by atoms with Gasteiger partial charge >= 0.3 is 12.1 Å². The summed E-state index contributed by atoms with van der Waals surface area (Å²) in [5.74, 6) is -3.13. The number of hydrogen-bond acceptors (Lipinski definition) is 4. The topological polar surface area (TPSA) is 48.2 Å². The number of nitrogens with zero attached hydrogens (tertiary/aromatic N) is 2. The van der Waals surface area contributed by atoms with Gasteiger partial charge in [0.25, 0.3) is 0 Å². The van der Waals surface area contributed by atoms with E-state index in [1.807, 2.05) is 0 Å². The Hall–Kier alpha value is -2.12. The largest absolute Gasteiger partial charge is 0.490 e. The molecule has 1 radical (unpaired) electrons. The molecular formula is C11H7F4N2O2. The maximum Gasteiger partial charge on any atom is 0.471 e. The predicted octanol–water partition coefficient (Wildman–Crippen LogP) is 3.09. The number of halogens is 4. The van der Waals surface area contributed by atoms with Crippen molar-refractivity contribution in [2.45, 2.75) is 13.1 Å². The molecule has 0 spiro atoms. The van der Waals surface area contributed by atoms with Crippen LogP contribution in [-0.4, -0.2) is 16.7 Å². The molecule has 0 fully saturated rings. The van der Waals surface area contributed by atoms with Gasteiger partial charge in [-0.25, -0.2) is 4.39 Å². The molecule has 0 N–H and O–H groups in total. The molecule has 1 heterocycles. The summed E-state index contributed by atoms with van der Waals surface area (Å²) < 4.78 is 59.8. The SMILES string of the molecule is CCOc1[c]ccc(-c2noc(C(F)(F)F)n2)c1F. The summed E-state index contributed by atoms with van der Waals surface area (Å²) in [6, 6.07) is 4.96. The Morgan fingerprint density at radius 1 is 1.42 bits per heavy atom. The Bertz CT molecular complexity index is 580. The molecule has 0 amide bonds. The lowest BCUT2D eigenvalue weighted by atomic mass is 10.2. The highest BCUT2D eigenvalue weighted by Gasteiger charge is 2.38. The fourth-order valence-electron chi connectivity index (χ4n) is 1.33. The molecule has 0 unspecified atom stereocenters. The minimum absolute atomic E-state index is 0.191. The standard InChI is InChI=1S/C11H7F4N2O2/c1-2-18-7-5-3-4-6(8(7)12)9-16-10(19-17-9)11(13,14)15/h3-4H,2H2,1H3. The van der Waals surface area contributed by atoms with Crippen molar-refractivity contribution < 1.29 is 26.8 Å². The second-order valence-corrected chi connectivity index (χ2v) is 3.39. The number of benzene rings is 1. The van der Waals surface area contributed by atoms with E-state index >= 15 is 0 Å². The van der Waals surface area contributed by atoms with E-state index in [1.54, 1.807) is 6.92 Å². The van der Waals surface area contributed by atoms with E-state index < -0.39 is 23.7 Å². The monoisotopic (exact) mass is 275 g/mol. The number of rotatable bonds is 3. The molecule has 2 aromatic rings. The number of hydrogen-bond donors (Lipinski definition) is 0. The van der Waals surface area contributed by atoms with Crippen molar-refractivity contribution >= 4 is 0 Å². The van der Waals surface area contributed by atoms with Gasteiger partial charge in [-0.05, 0) is 19.1 Å². The van der Waals surface area contributed by atoms with Crippen LogP contribution in [0.2, 0.25) is 0 Å². The van der Waals surface area contributed by atoms with Gasteiger partial charge in [0.05, 0.1) is 12.2 Å². The molecule has 8 heteroatoms. The number of aromatic nitrogens is 2. The smallest absolute Gasteiger partial charge is 0.471 e. The molecule has 0 saturated carbocycles. The highest BCUT2D eigenvalue weighted by Crippen LogP contribution is 2.31. The van der Waals surface area contributed by atoms with Crippen LogP contribution in [-0.2, 0) is 6.18 Å². The van der Waals surface area contributed by atoms with Gasteiger partial charge in [-0.3, -0.25) is 0 Å². The van der Waals surface area contributed by atoms with Crippen molar-refractivity contribution in [1.82, 2.24) is 10.1 Å². The first-order chi connectivity index (χ1) is 8.93. The fourth-order valence-corrected chi connectivity index (χ4v) is 1.33. The van der Waals surface area contributed by atoms with Crippen LogP contribution < -0.4 is 4.74 Å². The van der Waals surface area contributed by atoms with Crippen LogP contribution in [0.1, 0.15) is 12.8 Å². The molecule has 19 heavy (non-hydrogen) atoms. The third-order valence-corrected chi connectivity index (χ3v) is 2.10. The molecule has 101 valence electrons. The van der Waals surface area contributed by atoms with Crippen molar-refractivity contribution in [1.29, 1.82) is 0 Å². The molecule has 0 saturated heterocycles. The Labute approximate surface area is 105 Å². The van der Waals surface area contributed by atoms with Gasteiger partial charge in [-0.15, -0.1) is 0 Å². The normalized spacial score (nSPS) is 11.6. The Balaban J connectivity index is 2.42. The van der Waals surface area contributed by atoms with Crippen molar-refractivity contribution in [3.05, 3.63) is 29.9 Å². The van der Waals surface area contributed by atoms with Crippen LogP contribution in [0.3, 0.4) is 0 Å². The van der Waals surface area contributed by atoms with E-state index in [4.69, 9.17) is 4.74 Å². The van der Waals surface area contributed by atoms with Gasteiger partial charge in [0.1, 0.15) is 0 Å². The molecule has 0 bridgehead atoms. The first-order valence-corrected chi connectivity index (χ1v) is 5.17. The zero-order chi connectivity index (χ0) is 14.0. The van der Waals surface area contributed by atoms with Crippen molar-refractivity contribution in [3.63, 3.8) is 0 Å². The molecule has 1 aromatic carbocycles. The fraction of sp³-hybridized carbons (Fsp3) is 0.273. The van der Waals surface area contributed by atoms with Crippen molar-refractivity contribution in [2.24, 2.45) is 0 Å². The Kier molecular flexibility index (Phi) is 3.41. The summed E-state index contributed by atoms with van der Waals surface area (Å²) in [5.41, 5.74) is -0.249. The van der Waals surface area contributed by atoms with E-state index in [1.165, 1.54) is 12.1 Å². The zero-order valence-electron chi connectivity index (χ0n) is 9.58. The Morgan fingerprint density at radius 2 is 2.16 bits per heavy atom. The van der Waals surface area contributed by atoms with Gasteiger partial charge in [0.2, 0.25) is 5.82 Å². The van der Waals surface area contributed by atoms with E-state index in [2.05, 4.69) is 20.7 Å². The van der Waals surface area contributed by atoms with Crippen LogP contribution in [0.15, 0.2) is 16.7 Å². The molecule has 0 aliphatic heterocycles. The highest BCUT2D eigenvalue weighted by atomic mass is 19.4. The maximum absolute atomic E-state index is 13.9. The van der Waals surface area contributed by atoms with Gasteiger partial charge in [-0.1, -0.05) is 5.16 Å². The molecule has 0 aliphatic rings. The van der Waals surface area contributed by atoms with Crippen LogP contribution in [0.25, 0.3) is 11.4 Å². The molecular weight excluding hydrogens is 268 g/mol. The van der Waals surface area contributed by atoms with Gasteiger partial charge < -0.3 is 9.26 Å². The van der Waals surface area contributed by atoms with Crippen LogP contribution in [0.4, 0.5) is 17.6 Å². The molecule has 2 rings (SSSR count). The highest BCUT2D eigenvalue weighted by molar-refractivity contribution is 5.58. The number of ether oxygens (including phenoxy) is 1. The second-order valence-electron chi connectivity index (χ2n) is 3.39. The lowest BCUT2D eigenvalue weighted by Gasteiger charge is -2.05. The third-order valence-electron chi connectivity index (χ3n) is 2.10. The average Bonchev–Trinajstić information content (AvgIpc) is 2.81. The quantitative estimate of drug-likeness (QED) is 0.807. The van der Waals surface area contributed by atoms with Crippen molar-refractivity contribution in [2.75, 3.05) is 6.61 Å². The molecule has 0 aliphatic carbocycles. The summed E-state index contributed by atoms with van der Waals surface area (Å²) >= 11 is 0. The zero-order valence-corrected chi connectivity index (χ0v) is 9.58. The van der Waals surface area contributed by atoms with Crippen LogP contribution in [0, 0.1) is 11.9 Å². The van der Waals surface area contributed by atoms with Crippen LogP contribution in [0.5, 0.6) is 5.75 Å². The van der Waals surface area contributed by atoms with Gasteiger partial charge in [0.15, 0.2) is 11.6 Å². The summed E-state index contributed by atoms with van der Waals surface area (Å²) in [6.07, 6.45) is -4.77. The lowest BCUT2D eigenvalue weighted by Crippen LogP contribution is -2.05.